The smallest absolute Gasteiger partial charge is 0.314 e. The highest BCUT2D eigenvalue weighted by Gasteiger charge is 2.19. The molecule has 5 heteroatoms. The van der Waals surface area contributed by atoms with Crippen molar-refractivity contribution in [2.75, 3.05) is 39.8 Å². The monoisotopic (exact) mass is 200 g/mol. The highest BCUT2D eigenvalue weighted by atomic mass is 16.2. The molecule has 0 aliphatic carbocycles. The topological polar surface area (TPSA) is 61.6 Å². The third-order valence-corrected chi connectivity index (χ3v) is 2.71. The summed E-state index contributed by atoms with van der Waals surface area (Å²) in [6.45, 7) is 6.55. The first-order valence-electron chi connectivity index (χ1n) is 5.07. The quantitative estimate of drug-likeness (QED) is 0.632. The molecule has 0 bridgehead atoms. The van der Waals surface area contributed by atoms with E-state index in [1.54, 1.807) is 4.90 Å². The fourth-order valence-electron chi connectivity index (χ4n) is 1.63. The van der Waals surface area contributed by atoms with Crippen LogP contribution in [0.15, 0.2) is 0 Å². The third kappa shape index (κ3) is 3.16. The van der Waals surface area contributed by atoms with Crippen LogP contribution < -0.4 is 11.1 Å². The summed E-state index contributed by atoms with van der Waals surface area (Å²) >= 11 is 0. The molecule has 82 valence electrons. The van der Waals surface area contributed by atoms with Crippen LogP contribution in [-0.4, -0.2) is 61.6 Å². The second kappa shape index (κ2) is 5.17. The number of urea groups is 1. The maximum absolute atomic E-state index is 10.9. The minimum absolute atomic E-state index is 0.300. The van der Waals surface area contributed by atoms with Gasteiger partial charge < -0.3 is 16.0 Å². The van der Waals surface area contributed by atoms with Gasteiger partial charge in [-0.15, -0.1) is 0 Å². The Hall–Kier alpha value is -0.810. The van der Waals surface area contributed by atoms with E-state index < -0.39 is 0 Å². The molecular formula is C9H20N4O. The fourth-order valence-corrected chi connectivity index (χ4v) is 1.63. The normalized spacial score (nSPS) is 20.9. The zero-order valence-electron chi connectivity index (χ0n) is 8.99. The van der Waals surface area contributed by atoms with Crippen LogP contribution in [0.1, 0.15) is 6.92 Å². The van der Waals surface area contributed by atoms with Gasteiger partial charge in [0.25, 0.3) is 0 Å². The van der Waals surface area contributed by atoms with Crippen LogP contribution in [0.5, 0.6) is 0 Å². The van der Waals surface area contributed by atoms with Crippen molar-refractivity contribution in [3.8, 4) is 0 Å². The molecule has 1 saturated heterocycles. The molecule has 1 fully saturated rings. The molecule has 0 aromatic heterocycles. The van der Waals surface area contributed by atoms with Crippen LogP contribution in [0, 0.1) is 0 Å². The first-order valence-corrected chi connectivity index (χ1v) is 5.07. The molecule has 1 aliphatic heterocycles. The zero-order valence-corrected chi connectivity index (χ0v) is 8.99. The van der Waals surface area contributed by atoms with E-state index in [4.69, 9.17) is 5.73 Å². The highest BCUT2D eigenvalue weighted by molar-refractivity contribution is 5.72. The van der Waals surface area contributed by atoms with Crippen molar-refractivity contribution >= 4 is 6.03 Å². The lowest BCUT2D eigenvalue weighted by Gasteiger charge is -2.34. The largest absolute Gasteiger partial charge is 0.351 e. The summed E-state index contributed by atoms with van der Waals surface area (Å²) in [5.41, 5.74) is 5.20. The highest BCUT2D eigenvalue weighted by Crippen LogP contribution is 2.01. The summed E-state index contributed by atoms with van der Waals surface area (Å²) in [5, 5.41) is 3.20. The molecular weight excluding hydrogens is 180 g/mol. The Morgan fingerprint density at radius 3 is 2.43 bits per heavy atom. The summed E-state index contributed by atoms with van der Waals surface area (Å²) < 4.78 is 0. The van der Waals surface area contributed by atoms with E-state index in [1.165, 1.54) is 0 Å². The number of piperazine rings is 1. The van der Waals surface area contributed by atoms with Gasteiger partial charge in [0.1, 0.15) is 0 Å². The number of primary amides is 1. The van der Waals surface area contributed by atoms with Gasteiger partial charge in [0, 0.05) is 38.8 Å². The molecule has 1 unspecified atom stereocenters. The molecule has 0 aromatic carbocycles. The summed E-state index contributed by atoms with van der Waals surface area (Å²) in [6, 6.07) is 0.196. The van der Waals surface area contributed by atoms with Gasteiger partial charge in [-0.05, 0) is 14.0 Å². The number of rotatable bonds is 3. The Morgan fingerprint density at radius 2 is 2.00 bits per heavy atom. The number of hydrogen-bond donors (Lipinski definition) is 2. The van der Waals surface area contributed by atoms with E-state index in [1.807, 2.05) is 7.05 Å². The molecule has 14 heavy (non-hydrogen) atoms. The molecule has 0 radical (unpaired) electrons. The Kier molecular flexibility index (Phi) is 4.16. The standard InChI is InChI=1S/C9H20N4O/c1-8(11-2)7-12-3-5-13(6-4-12)9(10)14/h8,11H,3-7H2,1-2H3,(H2,10,14). The number of likely N-dealkylation sites (N-methyl/N-ethyl adjacent to an activating group) is 1. The lowest BCUT2D eigenvalue weighted by molar-refractivity contribution is 0.139. The molecule has 1 atom stereocenters. The zero-order chi connectivity index (χ0) is 10.6. The number of nitrogens with zero attached hydrogens (tertiary/aromatic N) is 2. The van der Waals surface area contributed by atoms with Crippen molar-refractivity contribution in [1.82, 2.24) is 15.1 Å². The van der Waals surface area contributed by atoms with Crippen LogP contribution in [0.2, 0.25) is 0 Å². The lowest BCUT2D eigenvalue weighted by Crippen LogP contribution is -2.52. The molecule has 1 heterocycles. The fraction of sp³-hybridized carbons (Fsp3) is 0.889. The predicted molar refractivity (Wildman–Crippen MR) is 56.1 cm³/mol. The molecule has 5 nitrogen and oxygen atoms in total. The number of nitrogens with one attached hydrogen (secondary N) is 1. The third-order valence-electron chi connectivity index (χ3n) is 2.71. The van der Waals surface area contributed by atoms with Crippen LogP contribution in [-0.2, 0) is 0 Å². The Balaban J connectivity index is 2.25. The van der Waals surface area contributed by atoms with Gasteiger partial charge in [0.2, 0.25) is 0 Å². The summed E-state index contributed by atoms with van der Waals surface area (Å²) in [7, 11) is 1.96. The molecule has 0 saturated carbocycles. The van der Waals surface area contributed by atoms with Crippen molar-refractivity contribution in [2.24, 2.45) is 5.73 Å². The van der Waals surface area contributed by atoms with Crippen molar-refractivity contribution < 1.29 is 4.79 Å². The molecule has 0 aromatic rings. The summed E-state index contributed by atoms with van der Waals surface area (Å²) in [5.74, 6) is 0. The minimum Gasteiger partial charge on any atom is -0.351 e. The van der Waals surface area contributed by atoms with Gasteiger partial charge >= 0.3 is 6.03 Å². The second-order valence-corrected chi connectivity index (χ2v) is 3.82. The number of nitrogens with two attached hydrogens (primary N) is 1. The lowest BCUT2D eigenvalue weighted by atomic mass is 10.2. The summed E-state index contributed by atoms with van der Waals surface area (Å²) in [4.78, 5) is 14.9. The Morgan fingerprint density at radius 1 is 1.43 bits per heavy atom. The molecule has 0 spiro atoms. The Labute approximate surface area is 85.2 Å². The van der Waals surface area contributed by atoms with E-state index in [0.717, 1.165) is 32.7 Å². The van der Waals surface area contributed by atoms with E-state index >= 15 is 0 Å². The first kappa shape index (κ1) is 11.3. The van der Waals surface area contributed by atoms with Gasteiger partial charge in [-0.2, -0.15) is 0 Å². The van der Waals surface area contributed by atoms with Crippen molar-refractivity contribution in [3.05, 3.63) is 0 Å². The van der Waals surface area contributed by atoms with Gasteiger partial charge in [-0.25, -0.2) is 4.79 Å². The predicted octanol–water partition coefficient (Wildman–Crippen LogP) is -0.709. The average molecular weight is 200 g/mol. The molecule has 3 N–H and O–H groups in total. The van der Waals surface area contributed by atoms with E-state index in [9.17, 15) is 4.79 Å². The number of carbonyl (C=O) groups is 1. The van der Waals surface area contributed by atoms with Crippen molar-refractivity contribution in [3.63, 3.8) is 0 Å². The SMILES string of the molecule is CNC(C)CN1CCN(C(N)=O)CC1. The van der Waals surface area contributed by atoms with Gasteiger partial charge in [-0.1, -0.05) is 0 Å². The van der Waals surface area contributed by atoms with Gasteiger partial charge in [0.15, 0.2) is 0 Å². The van der Waals surface area contributed by atoms with Crippen LogP contribution >= 0.6 is 0 Å². The van der Waals surface area contributed by atoms with Crippen LogP contribution in [0.4, 0.5) is 4.79 Å². The number of carbonyl (C=O) groups excluding carboxylic acids is 1. The maximum atomic E-state index is 10.9. The van der Waals surface area contributed by atoms with Gasteiger partial charge in [-0.3, -0.25) is 4.90 Å². The average Bonchev–Trinajstić information content (AvgIpc) is 2.18. The van der Waals surface area contributed by atoms with Gasteiger partial charge in [0.05, 0.1) is 0 Å². The molecule has 1 rings (SSSR count). The van der Waals surface area contributed by atoms with E-state index in [-0.39, 0.29) is 6.03 Å². The number of hydrogen-bond acceptors (Lipinski definition) is 3. The van der Waals surface area contributed by atoms with Crippen LogP contribution in [0.3, 0.4) is 0 Å². The Bertz CT molecular complexity index is 189. The number of amides is 2. The first-order chi connectivity index (χ1) is 6.63. The van der Waals surface area contributed by atoms with Crippen molar-refractivity contribution in [1.29, 1.82) is 0 Å². The summed E-state index contributed by atoms with van der Waals surface area (Å²) in [6.07, 6.45) is 0. The minimum atomic E-state index is -0.300. The molecule has 2 amide bonds. The molecule has 1 aliphatic rings. The van der Waals surface area contributed by atoms with E-state index in [0.29, 0.717) is 6.04 Å². The van der Waals surface area contributed by atoms with E-state index in [2.05, 4.69) is 17.1 Å². The van der Waals surface area contributed by atoms with Crippen molar-refractivity contribution in [2.45, 2.75) is 13.0 Å². The second-order valence-electron chi connectivity index (χ2n) is 3.82. The van der Waals surface area contributed by atoms with Crippen LogP contribution in [0.25, 0.3) is 0 Å². The maximum Gasteiger partial charge on any atom is 0.314 e.